The van der Waals surface area contributed by atoms with E-state index in [-0.39, 0.29) is 23.6 Å². The number of carbonyl (C=O) groups is 1. The van der Waals surface area contributed by atoms with Crippen molar-refractivity contribution >= 4 is 11.7 Å². The lowest BCUT2D eigenvalue weighted by Gasteiger charge is -2.29. The zero-order chi connectivity index (χ0) is 15.3. The number of para-hydroxylation sites is 1. The number of nitrogens with one attached hydrogen (secondary N) is 1. The molecule has 1 N–H and O–H groups in total. The molecule has 0 aliphatic carbocycles. The molecule has 1 rings (SSSR count). The molecule has 0 saturated heterocycles. The summed E-state index contributed by atoms with van der Waals surface area (Å²) in [7, 11) is 1.33. The summed E-state index contributed by atoms with van der Waals surface area (Å²) in [6, 6.07) is 5.92. The summed E-state index contributed by atoms with van der Waals surface area (Å²) in [6.07, 6.45) is 0. The molecule has 1 aromatic carbocycles. The van der Waals surface area contributed by atoms with Crippen LogP contribution in [0.1, 0.15) is 26.3 Å². The number of nitro groups is 1. The predicted molar refractivity (Wildman–Crippen MR) is 75.2 cm³/mol. The van der Waals surface area contributed by atoms with Gasteiger partial charge >= 0.3 is 5.97 Å². The van der Waals surface area contributed by atoms with Crippen molar-refractivity contribution in [1.82, 2.24) is 5.32 Å². The van der Waals surface area contributed by atoms with Crippen LogP contribution in [0.15, 0.2) is 24.3 Å². The smallest absolute Gasteiger partial charge is 0.323 e. The average molecular weight is 280 g/mol. The Hall–Kier alpha value is -1.95. The molecule has 0 bridgehead atoms. The number of ether oxygens (including phenoxy) is 1. The van der Waals surface area contributed by atoms with Crippen molar-refractivity contribution in [2.75, 3.05) is 7.11 Å². The molecule has 0 fully saturated rings. The number of benzene rings is 1. The van der Waals surface area contributed by atoms with Crippen molar-refractivity contribution in [2.24, 2.45) is 5.41 Å². The van der Waals surface area contributed by atoms with Crippen LogP contribution in [0.4, 0.5) is 5.69 Å². The lowest BCUT2D eigenvalue weighted by Crippen LogP contribution is -2.46. The Morgan fingerprint density at radius 3 is 2.50 bits per heavy atom. The molecule has 1 unspecified atom stereocenters. The van der Waals surface area contributed by atoms with Crippen LogP contribution in [0.2, 0.25) is 0 Å². The van der Waals surface area contributed by atoms with E-state index in [1.807, 2.05) is 20.8 Å². The number of nitro benzene ring substituents is 1. The molecule has 0 aromatic heterocycles. The van der Waals surface area contributed by atoms with Crippen molar-refractivity contribution in [3.63, 3.8) is 0 Å². The first-order valence-corrected chi connectivity index (χ1v) is 6.31. The van der Waals surface area contributed by atoms with E-state index in [0.717, 1.165) is 0 Å². The molecule has 1 aromatic rings. The molecule has 0 aliphatic heterocycles. The Morgan fingerprint density at radius 1 is 1.40 bits per heavy atom. The van der Waals surface area contributed by atoms with Crippen molar-refractivity contribution in [2.45, 2.75) is 33.4 Å². The summed E-state index contributed by atoms with van der Waals surface area (Å²) in [5.74, 6) is -0.379. The summed E-state index contributed by atoms with van der Waals surface area (Å²) < 4.78 is 4.77. The molecular formula is C14H20N2O4. The zero-order valence-electron chi connectivity index (χ0n) is 12.2. The predicted octanol–water partition coefficient (Wildman–Crippen LogP) is 2.27. The van der Waals surface area contributed by atoms with E-state index >= 15 is 0 Å². The van der Waals surface area contributed by atoms with E-state index in [4.69, 9.17) is 4.74 Å². The average Bonchev–Trinajstić information content (AvgIpc) is 2.37. The Kier molecular flexibility index (Phi) is 5.21. The van der Waals surface area contributed by atoms with Gasteiger partial charge in [0.05, 0.1) is 12.0 Å². The van der Waals surface area contributed by atoms with E-state index in [1.165, 1.54) is 13.2 Å². The fraction of sp³-hybridized carbons (Fsp3) is 0.500. The first kappa shape index (κ1) is 16.1. The highest BCUT2D eigenvalue weighted by molar-refractivity contribution is 5.76. The molecule has 0 heterocycles. The first-order chi connectivity index (χ1) is 9.27. The minimum absolute atomic E-state index is 0.0394. The normalized spacial score (nSPS) is 12.8. The topological polar surface area (TPSA) is 81.5 Å². The Morgan fingerprint density at radius 2 is 2.00 bits per heavy atom. The summed E-state index contributed by atoms with van der Waals surface area (Å²) in [5, 5.41) is 14.0. The van der Waals surface area contributed by atoms with E-state index < -0.39 is 11.0 Å². The van der Waals surface area contributed by atoms with Crippen LogP contribution in [0, 0.1) is 15.5 Å². The van der Waals surface area contributed by atoms with Crippen LogP contribution in [0.5, 0.6) is 0 Å². The van der Waals surface area contributed by atoms with Gasteiger partial charge in [-0.15, -0.1) is 0 Å². The molecule has 6 heteroatoms. The van der Waals surface area contributed by atoms with Crippen LogP contribution >= 0.6 is 0 Å². The van der Waals surface area contributed by atoms with Gasteiger partial charge in [-0.3, -0.25) is 20.2 Å². The van der Waals surface area contributed by atoms with Crippen LogP contribution in [0.25, 0.3) is 0 Å². The minimum atomic E-state index is -0.535. The van der Waals surface area contributed by atoms with Gasteiger partial charge < -0.3 is 4.74 Å². The lowest BCUT2D eigenvalue weighted by molar-refractivity contribution is -0.385. The molecule has 0 aliphatic rings. The molecule has 20 heavy (non-hydrogen) atoms. The van der Waals surface area contributed by atoms with Crippen molar-refractivity contribution < 1.29 is 14.5 Å². The van der Waals surface area contributed by atoms with Gasteiger partial charge in [0.15, 0.2) is 0 Å². The molecule has 0 saturated carbocycles. The lowest BCUT2D eigenvalue weighted by atomic mass is 9.86. The molecule has 6 nitrogen and oxygen atoms in total. The largest absolute Gasteiger partial charge is 0.468 e. The highest BCUT2D eigenvalue weighted by Gasteiger charge is 2.32. The second-order valence-electron chi connectivity index (χ2n) is 5.59. The van der Waals surface area contributed by atoms with Gasteiger partial charge in [0.25, 0.3) is 5.69 Å². The fourth-order valence-electron chi connectivity index (χ4n) is 1.91. The SMILES string of the molecule is COC(=O)C(NCc1ccccc1[N+](=O)[O-])C(C)(C)C. The molecule has 0 spiro atoms. The summed E-state index contributed by atoms with van der Waals surface area (Å²) >= 11 is 0. The molecule has 110 valence electrons. The van der Waals surface area contributed by atoms with Gasteiger partial charge in [-0.05, 0) is 5.41 Å². The third-order valence-electron chi connectivity index (χ3n) is 2.99. The summed E-state index contributed by atoms with van der Waals surface area (Å²) in [5.41, 5.74) is 0.226. The van der Waals surface area contributed by atoms with E-state index in [1.54, 1.807) is 18.2 Å². The number of nitrogens with zero attached hydrogens (tertiary/aromatic N) is 1. The van der Waals surface area contributed by atoms with Gasteiger partial charge in [-0.25, -0.2) is 0 Å². The molecule has 0 radical (unpaired) electrons. The molecular weight excluding hydrogens is 260 g/mol. The van der Waals surface area contributed by atoms with E-state index in [2.05, 4.69) is 5.32 Å². The van der Waals surface area contributed by atoms with Gasteiger partial charge in [-0.2, -0.15) is 0 Å². The Bertz CT molecular complexity index is 494. The standard InChI is InChI=1S/C14H20N2O4/c1-14(2,3)12(13(17)20-4)15-9-10-7-5-6-8-11(10)16(18)19/h5-8,12,15H,9H2,1-4H3. The Balaban J connectivity index is 2.89. The second kappa shape index (κ2) is 6.47. The zero-order valence-corrected chi connectivity index (χ0v) is 12.2. The number of rotatable bonds is 5. The van der Waals surface area contributed by atoms with Gasteiger partial charge in [0, 0.05) is 18.2 Å². The maximum Gasteiger partial charge on any atom is 0.323 e. The highest BCUT2D eigenvalue weighted by atomic mass is 16.6. The third kappa shape index (κ3) is 4.03. The van der Waals surface area contributed by atoms with Crippen molar-refractivity contribution in [3.8, 4) is 0 Å². The third-order valence-corrected chi connectivity index (χ3v) is 2.99. The maximum absolute atomic E-state index is 11.8. The van der Waals surface area contributed by atoms with Crippen molar-refractivity contribution in [1.29, 1.82) is 0 Å². The van der Waals surface area contributed by atoms with Crippen LogP contribution in [-0.4, -0.2) is 24.0 Å². The first-order valence-electron chi connectivity index (χ1n) is 6.31. The van der Waals surface area contributed by atoms with Crippen LogP contribution in [0.3, 0.4) is 0 Å². The molecule has 0 amide bonds. The highest BCUT2D eigenvalue weighted by Crippen LogP contribution is 2.22. The maximum atomic E-state index is 11.8. The number of carbonyl (C=O) groups excluding carboxylic acids is 1. The number of hydrogen-bond acceptors (Lipinski definition) is 5. The molecule has 1 atom stereocenters. The minimum Gasteiger partial charge on any atom is -0.468 e. The van der Waals surface area contributed by atoms with Crippen LogP contribution < -0.4 is 5.32 Å². The fourth-order valence-corrected chi connectivity index (χ4v) is 1.91. The number of methoxy groups -OCH3 is 1. The quantitative estimate of drug-likeness (QED) is 0.508. The summed E-state index contributed by atoms with van der Waals surface area (Å²) in [6.45, 7) is 5.94. The van der Waals surface area contributed by atoms with Crippen molar-refractivity contribution in [3.05, 3.63) is 39.9 Å². The van der Waals surface area contributed by atoms with Gasteiger partial charge in [0.2, 0.25) is 0 Å². The van der Waals surface area contributed by atoms with Gasteiger partial charge in [-0.1, -0.05) is 39.0 Å². The van der Waals surface area contributed by atoms with E-state index in [0.29, 0.717) is 5.56 Å². The number of esters is 1. The Labute approximate surface area is 118 Å². The second-order valence-corrected chi connectivity index (χ2v) is 5.59. The number of hydrogen-bond donors (Lipinski definition) is 1. The van der Waals surface area contributed by atoms with Gasteiger partial charge in [0.1, 0.15) is 6.04 Å². The monoisotopic (exact) mass is 280 g/mol. The van der Waals surface area contributed by atoms with Crippen LogP contribution in [-0.2, 0) is 16.1 Å². The van der Waals surface area contributed by atoms with E-state index in [9.17, 15) is 14.9 Å². The summed E-state index contributed by atoms with van der Waals surface area (Å²) in [4.78, 5) is 22.3.